The summed E-state index contributed by atoms with van der Waals surface area (Å²) in [5, 5.41) is 20.3. The number of allylic oxidation sites excluding steroid dienone is 1. The van der Waals surface area contributed by atoms with Gasteiger partial charge in [0.1, 0.15) is 18.1 Å². The number of carbonyl (C=O) groups is 2. The normalized spacial score (nSPS) is 33.9. The predicted molar refractivity (Wildman–Crippen MR) is 76.7 cm³/mol. The van der Waals surface area contributed by atoms with E-state index < -0.39 is 35.2 Å². The Morgan fingerprint density at radius 1 is 1.50 bits per heavy atom. The molecule has 2 aliphatic heterocycles. The van der Waals surface area contributed by atoms with Gasteiger partial charge < -0.3 is 19.7 Å². The third-order valence-electron chi connectivity index (χ3n) is 4.06. The molecule has 0 saturated carbocycles. The van der Waals surface area contributed by atoms with Gasteiger partial charge in [0.2, 0.25) is 0 Å². The minimum absolute atomic E-state index is 0.118. The van der Waals surface area contributed by atoms with Crippen molar-refractivity contribution in [3.8, 4) is 0 Å². The minimum Gasteiger partial charge on any atom is -0.512 e. The molecule has 7 heteroatoms. The Balaban J connectivity index is 2.60. The molecule has 3 atom stereocenters. The first-order valence-corrected chi connectivity index (χ1v) is 7.29. The number of hydrogen-bond donors (Lipinski definition) is 2. The van der Waals surface area contributed by atoms with E-state index in [2.05, 4.69) is 0 Å². The van der Waals surface area contributed by atoms with Crippen LogP contribution in [0.2, 0.25) is 0 Å². The summed E-state index contributed by atoms with van der Waals surface area (Å²) in [6.45, 7) is 8.51. The molecular weight excluding hydrogens is 290 g/mol. The van der Waals surface area contributed by atoms with Crippen LogP contribution >= 0.6 is 0 Å². The first kappa shape index (κ1) is 16.8. The third kappa shape index (κ3) is 2.11. The number of aliphatic hydroxyl groups is 2. The van der Waals surface area contributed by atoms with Crippen LogP contribution in [0.15, 0.2) is 11.3 Å². The van der Waals surface area contributed by atoms with Gasteiger partial charge in [-0.3, -0.25) is 9.69 Å². The molecule has 0 bridgehead atoms. The van der Waals surface area contributed by atoms with Gasteiger partial charge in [-0.15, -0.1) is 0 Å². The number of carbonyl (C=O) groups excluding carboxylic acids is 2. The lowest BCUT2D eigenvalue weighted by Gasteiger charge is -2.36. The molecular formula is C15H23NO6. The SMILES string of the molecule is CCOC(=O)[C@]12CO[C@H](C(C)(C)C)N1C(=O)/C(=C(/C)O)C2O. The summed E-state index contributed by atoms with van der Waals surface area (Å²) in [5.41, 5.74) is -2.28. The van der Waals surface area contributed by atoms with Crippen molar-refractivity contribution in [2.75, 3.05) is 13.2 Å². The zero-order chi connectivity index (χ0) is 16.9. The van der Waals surface area contributed by atoms with Crippen molar-refractivity contribution in [1.29, 1.82) is 0 Å². The van der Waals surface area contributed by atoms with Crippen molar-refractivity contribution in [2.24, 2.45) is 5.41 Å². The molecule has 0 aromatic heterocycles. The van der Waals surface area contributed by atoms with Crippen LogP contribution in [-0.2, 0) is 19.1 Å². The summed E-state index contributed by atoms with van der Waals surface area (Å²) < 4.78 is 10.7. The Labute approximate surface area is 129 Å². The minimum atomic E-state index is -1.63. The zero-order valence-electron chi connectivity index (χ0n) is 13.5. The maximum absolute atomic E-state index is 12.7. The number of nitrogens with zero attached hydrogens (tertiary/aromatic N) is 1. The van der Waals surface area contributed by atoms with E-state index in [4.69, 9.17) is 9.47 Å². The quantitative estimate of drug-likeness (QED) is 0.443. The van der Waals surface area contributed by atoms with Crippen LogP contribution in [0, 0.1) is 5.41 Å². The Morgan fingerprint density at radius 3 is 2.55 bits per heavy atom. The molecule has 0 spiro atoms. The molecule has 1 amide bonds. The molecule has 7 nitrogen and oxygen atoms in total. The smallest absolute Gasteiger partial charge is 0.337 e. The summed E-state index contributed by atoms with van der Waals surface area (Å²) in [6.07, 6.45) is -2.19. The molecule has 0 aromatic rings. The molecule has 0 aromatic carbocycles. The van der Waals surface area contributed by atoms with E-state index in [1.165, 1.54) is 11.8 Å². The van der Waals surface area contributed by atoms with Crippen LogP contribution < -0.4 is 0 Å². The zero-order valence-corrected chi connectivity index (χ0v) is 13.5. The average molecular weight is 313 g/mol. The first-order valence-electron chi connectivity index (χ1n) is 7.29. The number of ether oxygens (including phenoxy) is 2. The van der Waals surface area contributed by atoms with Gasteiger partial charge in [-0.25, -0.2) is 4.79 Å². The van der Waals surface area contributed by atoms with Gasteiger partial charge >= 0.3 is 5.97 Å². The molecule has 2 rings (SSSR count). The van der Waals surface area contributed by atoms with Gasteiger partial charge in [0, 0.05) is 5.41 Å². The van der Waals surface area contributed by atoms with Gasteiger partial charge in [0.05, 0.1) is 18.8 Å². The van der Waals surface area contributed by atoms with E-state index in [0.717, 1.165) is 0 Å². The lowest BCUT2D eigenvalue weighted by Crippen LogP contribution is -2.59. The summed E-state index contributed by atoms with van der Waals surface area (Å²) in [6, 6.07) is 0. The Hall–Kier alpha value is -1.60. The topological polar surface area (TPSA) is 96.3 Å². The van der Waals surface area contributed by atoms with Crippen LogP contribution in [0.1, 0.15) is 34.6 Å². The molecule has 2 saturated heterocycles. The Kier molecular flexibility index (Phi) is 3.99. The van der Waals surface area contributed by atoms with Gasteiger partial charge in [-0.05, 0) is 13.8 Å². The van der Waals surface area contributed by atoms with Gasteiger partial charge in [0.15, 0.2) is 5.54 Å². The fourth-order valence-corrected chi connectivity index (χ4v) is 3.06. The van der Waals surface area contributed by atoms with Gasteiger partial charge in [-0.2, -0.15) is 0 Å². The highest BCUT2D eigenvalue weighted by molar-refractivity contribution is 6.05. The second kappa shape index (κ2) is 5.24. The van der Waals surface area contributed by atoms with Crippen LogP contribution in [0.5, 0.6) is 0 Å². The second-order valence-corrected chi connectivity index (χ2v) is 6.75. The molecule has 2 N–H and O–H groups in total. The monoisotopic (exact) mass is 313 g/mol. The number of fused-ring (bicyclic) bond motifs is 1. The largest absolute Gasteiger partial charge is 0.512 e. The molecule has 2 aliphatic rings. The van der Waals surface area contributed by atoms with E-state index in [1.807, 2.05) is 20.8 Å². The standard InChI is InChI=1S/C15H23NO6/c1-6-21-13(20)15-7-22-12(14(3,4)5)16(15)11(19)9(8(2)17)10(15)18/h10,12,17-18H,6-7H2,1-5H3/b9-8-/t10?,12-,15-/m1/s1. The molecule has 2 fully saturated rings. The van der Waals surface area contributed by atoms with Crippen LogP contribution in [0.3, 0.4) is 0 Å². The third-order valence-corrected chi connectivity index (χ3v) is 4.06. The lowest BCUT2D eigenvalue weighted by atomic mass is 9.90. The molecule has 0 aliphatic carbocycles. The van der Waals surface area contributed by atoms with Crippen molar-refractivity contribution >= 4 is 11.9 Å². The maximum Gasteiger partial charge on any atom is 0.337 e. The van der Waals surface area contributed by atoms with Crippen molar-refractivity contribution in [3.05, 3.63) is 11.3 Å². The molecule has 2 heterocycles. The Bertz CT molecular complexity index is 531. The predicted octanol–water partition coefficient (Wildman–Crippen LogP) is 0.726. The van der Waals surface area contributed by atoms with Gasteiger partial charge in [0.25, 0.3) is 5.91 Å². The van der Waals surface area contributed by atoms with Crippen LogP contribution in [0.4, 0.5) is 0 Å². The Morgan fingerprint density at radius 2 is 2.09 bits per heavy atom. The second-order valence-electron chi connectivity index (χ2n) is 6.75. The number of amides is 1. The van der Waals surface area contributed by atoms with Crippen molar-refractivity contribution in [1.82, 2.24) is 4.90 Å². The fraction of sp³-hybridized carbons (Fsp3) is 0.733. The van der Waals surface area contributed by atoms with Crippen molar-refractivity contribution in [2.45, 2.75) is 52.5 Å². The summed E-state index contributed by atoms with van der Waals surface area (Å²) in [5.74, 6) is -1.62. The fourth-order valence-electron chi connectivity index (χ4n) is 3.06. The highest BCUT2D eigenvalue weighted by atomic mass is 16.6. The first-order chi connectivity index (χ1) is 10.1. The van der Waals surface area contributed by atoms with E-state index in [1.54, 1.807) is 6.92 Å². The van der Waals surface area contributed by atoms with Crippen LogP contribution in [0.25, 0.3) is 0 Å². The average Bonchev–Trinajstić information content (AvgIpc) is 2.87. The van der Waals surface area contributed by atoms with Gasteiger partial charge in [-0.1, -0.05) is 20.8 Å². The number of esters is 1. The number of rotatable bonds is 2. The van der Waals surface area contributed by atoms with E-state index in [-0.39, 0.29) is 24.5 Å². The molecule has 1 unspecified atom stereocenters. The highest BCUT2D eigenvalue weighted by Gasteiger charge is 2.69. The van der Waals surface area contributed by atoms with E-state index in [0.29, 0.717) is 0 Å². The highest BCUT2D eigenvalue weighted by Crippen LogP contribution is 2.47. The summed E-state index contributed by atoms with van der Waals surface area (Å²) in [7, 11) is 0. The maximum atomic E-state index is 12.7. The molecule has 0 radical (unpaired) electrons. The van der Waals surface area contributed by atoms with Crippen LogP contribution in [-0.4, -0.2) is 58.1 Å². The molecule has 124 valence electrons. The summed E-state index contributed by atoms with van der Waals surface area (Å²) >= 11 is 0. The van der Waals surface area contributed by atoms with E-state index in [9.17, 15) is 19.8 Å². The van der Waals surface area contributed by atoms with Crippen molar-refractivity contribution < 1.29 is 29.3 Å². The number of aliphatic hydroxyl groups excluding tert-OH is 2. The van der Waals surface area contributed by atoms with E-state index >= 15 is 0 Å². The lowest BCUT2D eigenvalue weighted by molar-refractivity contribution is -0.163. The summed E-state index contributed by atoms with van der Waals surface area (Å²) in [4.78, 5) is 26.4. The van der Waals surface area contributed by atoms with Crippen molar-refractivity contribution in [3.63, 3.8) is 0 Å². The molecule has 22 heavy (non-hydrogen) atoms. The number of hydrogen-bond acceptors (Lipinski definition) is 6.